The van der Waals surface area contributed by atoms with Crippen molar-refractivity contribution in [3.05, 3.63) is 58.5 Å². The molecular formula is C15H12BrN5O2. The molecule has 0 aliphatic heterocycles. The van der Waals surface area contributed by atoms with E-state index in [4.69, 9.17) is 4.52 Å². The van der Waals surface area contributed by atoms with Gasteiger partial charge in [-0.3, -0.25) is 4.79 Å². The van der Waals surface area contributed by atoms with Crippen LogP contribution in [0.1, 0.15) is 16.1 Å². The number of nitrogens with zero attached hydrogens (tertiary/aromatic N) is 3. The van der Waals surface area contributed by atoms with Gasteiger partial charge in [0.25, 0.3) is 5.91 Å². The van der Waals surface area contributed by atoms with Crippen LogP contribution in [0, 0.1) is 6.92 Å². The van der Waals surface area contributed by atoms with Crippen molar-refractivity contribution in [2.24, 2.45) is 0 Å². The molecule has 0 bridgehead atoms. The minimum absolute atomic E-state index is 0.285. The molecule has 0 atom stereocenters. The molecule has 0 unspecified atom stereocenters. The van der Waals surface area contributed by atoms with E-state index in [1.165, 1.54) is 12.4 Å². The van der Waals surface area contributed by atoms with E-state index in [9.17, 15) is 4.79 Å². The lowest BCUT2D eigenvalue weighted by atomic mass is 10.3. The highest BCUT2D eigenvalue weighted by Crippen LogP contribution is 2.17. The predicted molar refractivity (Wildman–Crippen MR) is 88.6 cm³/mol. The molecule has 3 rings (SSSR count). The van der Waals surface area contributed by atoms with Crippen LogP contribution < -0.4 is 10.6 Å². The summed E-state index contributed by atoms with van der Waals surface area (Å²) >= 11 is 3.35. The van der Waals surface area contributed by atoms with E-state index < -0.39 is 0 Å². The largest absolute Gasteiger partial charge is 0.360 e. The number of aromatic nitrogens is 3. The van der Waals surface area contributed by atoms with Gasteiger partial charge in [-0.25, -0.2) is 9.97 Å². The first-order valence-electron chi connectivity index (χ1n) is 6.69. The second-order valence-electron chi connectivity index (χ2n) is 4.71. The van der Waals surface area contributed by atoms with Crippen LogP contribution in [0.25, 0.3) is 0 Å². The van der Waals surface area contributed by atoms with Crippen LogP contribution >= 0.6 is 15.9 Å². The summed E-state index contributed by atoms with van der Waals surface area (Å²) in [6, 6.07) is 9.04. The fraction of sp³-hybridized carbons (Fsp3) is 0.0667. The van der Waals surface area contributed by atoms with E-state index in [1.54, 1.807) is 19.1 Å². The number of halogens is 1. The number of nitrogens with one attached hydrogen (secondary N) is 2. The van der Waals surface area contributed by atoms with Gasteiger partial charge in [-0.05, 0) is 25.1 Å². The molecule has 1 amide bonds. The smallest absolute Gasteiger partial charge is 0.258 e. The van der Waals surface area contributed by atoms with E-state index in [0.717, 1.165) is 4.47 Å². The van der Waals surface area contributed by atoms with Crippen LogP contribution in [-0.4, -0.2) is 21.0 Å². The molecule has 8 heteroatoms. The van der Waals surface area contributed by atoms with Gasteiger partial charge in [0.15, 0.2) is 5.82 Å². The summed E-state index contributed by atoms with van der Waals surface area (Å²) in [6.07, 6.45) is 2.88. The number of hydrogen-bond donors (Lipinski definition) is 2. The van der Waals surface area contributed by atoms with Gasteiger partial charge in [0.2, 0.25) is 5.95 Å². The Labute approximate surface area is 140 Å². The number of anilines is 3. The third-order valence-electron chi connectivity index (χ3n) is 2.86. The SMILES string of the molecule is Cc1cc(Nc2ncc(C(=O)Nc3cccc(Br)c3)cn2)no1. The Bertz CT molecular complexity index is 832. The lowest BCUT2D eigenvalue weighted by molar-refractivity contribution is 0.102. The Balaban J connectivity index is 1.67. The first-order chi connectivity index (χ1) is 11.1. The average molecular weight is 374 g/mol. The maximum atomic E-state index is 12.1. The quantitative estimate of drug-likeness (QED) is 0.726. The number of amides is 1. The zero-order valence-electron chi connectivity index (χ0n) is 12.1. The Morgan fingerprint density at radius 3 is 2.65 bits per heavy atom. The van der Waals surface area contributed by atoms with Gasteiger partial charge in [0.1, 0.15) is 5.76 Å². The van der Waals surface area contributed by atoms with Gasteiger partial charge in [0.05, 0.1) is 5.56 Å². The number of aryl methyl sites for hydroxylation is 1. The summed E-state index contributed by atoms with van der Waals surface area (Å²) in [5, 5.41) is 9.44. The van der Waals surface area contributed by atoms with Crippen LogP contribution in [0.15, 0.2) is 51.7 Å². The van der Waals surface area contributed by atoms with Crippen molar-refractivity contribution in [3.8, 4) is 0 Å². The van der Waals surface area contributed by atoms with Crippen molar-refractivity contribution in [2.75, 3.05) is 10.6 Å². The fourth-order valence-electron chi connectivity index (χ4n) is 1.82. The molecule has 2 heterocycles. The minimum atomic E-state index is -0.285. The lowest BCUT2D eigenvalue weighted by Gasteiger charge is -2.06. The van der Waals surface area contributed by atoms with Crippen LogP contribution in [0.2, 0.25) is 0 Å². The second kappa shape index (κ2) is 6.57. The molecule has 0 radical (unpaired) electrons. The fourth-order valence-corrected chi connectivity index (χ4v) is 2.22. The number of carbonyl (C=O) groups is 1. The molecule has 0 aliphatic carbocycles. The molecule has 0 saturated heterocycles. The Hall–Kier alpha value is -2.74. The van der Waals surface area contributed by atoms with Crippen molar-refractivity contribution in [3.63, 3.8) is 0 Å². The molecule has 2 N–H and O–H groups in total. The van der Waals surface area contributed by atoms with Crippen molar-refractivity contribution in [2.45, 2.75) is 6.92 Å². The molecule has 0 aliphatic rings. The summed E-state index contributed by atoms with van der Waals surface area (Å²) in [5.74, 6) is 1.23. The Morgan fingerprint density at radius 2 is 2.00 bits per heavy atom. The third kappa shape index (κ3) is 3.92. The number of rotatable bonds is 4. The van der Waals surface area contributed by atoms with Gasteiger partial charge in [0, 0.05) is 28.6 Å². The summed E-state index contributed by atoms with van der Waals surface area (Å²) in [5.41, 5.74) is 1.04. The van der Waals surface area contributed by atoms with Crippen molar-refractivity contribution < 1.29 is 9.32 Å². The summed E-state index contributed by atoms with van der Waals surface area (Å²) in [4.78, 5) is 20.3. The highest BCUT2D eigenvalue weighted by atomic mass is 79.9. The molecule has 7 nitrogen and oxygen atoms in total. The van der Waals surface area contributed by atoms with Gasteiger partial charge in [-0.1, -0.05) is 27.2 Å². The molecule has 0 saturated carbocycles. The van der Waals surface area contributed by atoms with E-state index in [2.05, 4.69) is 41.7 Å². The maximum absolute atomic E-state index is 12.1. The second-order valence-corrected chi connectivity index (χ2v) is 5.62. The van der Waals surface area contributed by atoms with E-state index >= 15 is 0 Å². The van der Waals surface area contributed by atoms with Crippen LogP contribution in [-0.2, 0) is 0 Å². The van der Waals surface area contributed by atoms with E-state index in [1.807, 2.05) is 18.2 Å². The standard InChI is InChI=1S/C15H12BrN5O2/c1-9-5-13(21-23-9)20-15-17-7-10(8-18-15)14(22)19-12-4-2-3-11(16)6-12/h2-8H,1H3,(H,19,22)(H,17,18,20,21). The monoisotopic (exact) mass is 373 g/mol. The molecule has 1 aromatic carbocycles. The topological polar surface area (TPSA) is 92.9 Å². The molecule has 0 spiro atoms. The van der Waals surface area contributed by atoms with Crippen molar-refractivity contribution >= 4 is 39.3 Å². The van der Waals surface area contributed by atoms with E-state index in [0.29, 0.717) is 28.8 Å². The van der Waals surface area contributed by atoms with E-state index in [-0.39, 0.29) is 5.91 Å². The molecule has 116 valence electrons. The van der Waals surface area contributed by atoms with Gasteiger partial charge < -0.3 is 15.2 Å². The van der Waals surface area contributed by atoms with Crippen molar-refractivity contribution in [1.82, 2.24) is 15.1 Å². The molecule has 3 aromatic rings. The zero-order chi connectivity index (χ0) is 16.2. The lowest BCUT2D eigenvalue weighted by Crippen LogP contribution is -2.13. The van der Waals surface area contributed by atoms with Crippen LogP contribution in [0.3, 0.4) is 0 Å². The number of carbonyl (C=O) groups excluding carboxylic acids is 1. The predicted octanol–water partition coefficient (Wildman–Crippen LogP) is 3.53. The Morgan fingerprint density at radius 1 is 1.22 bits per heavy atom. The normalized spacial score (nSPS) is 10.3. The van der Waals surface area contributed by atoms with Gasteiger partial charge in [-0.2, -0.15) is 0 Å². The third-order valence-corrected chi connectivity index (χ3v) is 3.36. The van der Waals surface area contributed by atoms with Crippen LogP contribution in [0.4, 0.5) is 17.5 Å². The number of benzene rings is 1. The first-order valence-corrected chi connectivity index (χ1v) is 7.49. The maximum Gasteiger partial charge on any atom is 0.258 e. The molecular weight excluding hydrogens is 362 g/mol. The highest BCUT2D eigenvalue weighted by Gasteiger charge is 2.09. The number of hydrogen-bond acceptors (Lipinski definition) is 6. The van der Waals surface area contributed by atoms with Crippen molar-refractivity contribution in [1.29, 1.82) is 0 Å². The summed E-state index contributed by atoms with van der Waals surface area (Å²) in [6.45, 7) is 1.79. The molecule has 0 fully saturated rings. The molecule has 2 aromatic heterocycles. The highest BCUT2D eigenvalue weighted by molar-refractivity contribution is 9.10. The molecule has 23 heavy (non-hydrogen) atoms. The Kier molecular flexibility index (Phi) is 4.33. The van der Waals surface area contributed by atoms with Gasteiger partial charge >= 0.3 is 0 Å². The summed E-state index contributed by atoms with van der Waals surface area (Å²) < 4.78 is 5.82. The first kappa shape index (κ1) is 15.2. The summed E-state index contributed by atoms with van der Waals surface area (Å²) in [7, 11) is 0. The van der Waals surface area contributed by atoms with Gasteiger partial charge in [-0.15, -0.1) is 0 Å². The minimum Gasteiger partial charge on any atom is -0.360 e. The average Bonchev–Trinajstić information content (AvgIpc) is 2.93. The van der Waals surface area contributed by atoms with Crippen LogP contribution in [0.5, 0.6) is 0 Å². The zero-order valence-corrected chi connectivity index (χ0v) is 13.7.